The molecular weight excluding hydrogens is 206 g/mol. The Morgan fingerprint density at radius 1 is 1.40 bits per heavy atom. The van der Waals surface area contributed by atoms with Crippen LogP contribution in [0.2, 0.25) is 0 Å². The van der Waals surface area contributed by atoms with E-state index >= 15 is 0 Å². The largest absolute Gasteiger partial charge is 0.382 e. The highest BCUT2D eigenvalue weighted by Gasteiger charge is 2.01. The van der Waals surface area contributed by atoms with Gasteiger partial charge in [0.05, 0.1) is 11.1 Å². The molecule has 0 amide bonds. The fraction of sp³-hybridized carbons (Fsp3) is 0.111. The van der Waals surface area contributed by atoms with Gasteiger partial charge >= 0.3 is 0 Å². The van der Waals surface area contributed by atoms with Crippen LogP contribution in [-0.4, -0.2) is 4.92 Å². The fourth-order valence-electron chi connectivity index (χ4n) is 0.940. The van der Waals surface area contributed by atoms with Crippen molar-refractivity contribution in [3.8, 4) is 0 Å². The third kappa shape index (κ3) is 3.72. The molecule has 0 bridgehead atoms. The quantitative estimate of drug-likeness (QED) is 0.614. The van der Waals surface area contributed by atoms with Gasteiger partial charge in [-0.25, -0.2) is 8.78 Å². The minimum Gasteiger partial charge on any atom is -0.382 e. The molecule has 1 N–H and O–H groups in total. The zero-order valence-corrected chi connectivity index (χ0v) is 7.61. The van der Waals surface area contributed by atoms with E-state index in [4.69, 9.17) is 0 Å². The van der Waals surface area contributed by atoms with E-state index in [1.54, 1.807) is 0 Å². The molecule has 0 spiro atoms. The Kier molecular flexibility index (Phi) is 3.73. The first kappa shape index (κ1) is 11.1. The standard InChI is InChI=1S/C9H8F2N2O2/c10-8-2-1-7(5-9(8)11)6-12-3-4-13(14)15/h1-5,12H,6H2. The summed E-state index contributed by atoms with van der Waals surface area (Å²) < 4.78 is 25.2. The monoisotopic (exact) mass is 214 g/mol. The number of nitrogens with one attached hydrogen (secondary N) is 1. The van der Waals surface area contributed by atoms with Crippen molar-refractivity contribution in [2.24, 2.45) is 0 Å². The molecule has 1 aromatic rings. The maximum absolute atomic E-state index is 12.7. The summed E-state index contributed by atoms with van der Waals surface area (Å²) >= 11 is 0. The van der Waals surface area contributed by atoms with Crippen LogP contribution >= 0.6 is 0 Å². The average molecular weight is 214 g/mol. The molecule has 4 nitrogen and oxygen atoms in total. The van der Waals surface area contributed by atoms with Gasteiger partial charge in [-0.15, -0.1) is 0 Å². The van der Waals surface area contributed by atoms with E-state index in [0.717, 1.165) is 24.5 Å². The van der Waals surface area contributed by atoms with Gasteiger partial charge in [-0.2, -0.15) is 0 Å². The Hall–Kier alpha value is -1.98. The van der Waals surface area contributed by atoms with Crippen molar-refractivity contribution in [3.05, 3.63) is 57.9 Å². The first-order chi connectivity index (χ1) is 7.09. The molecule has 0 aliphatic heterocycles. The molecule has 1 aromatic carbocycles. The van der Waals surface area contributed by atoms with Crippen molar-refractivity contribution >= 4 is 0 Å². The van der Waals surface area contributed by atoms with Crippen LogP contribution < -0.4 is 5.32 Å². The molecule has 0 saturated heterocycles. The third-order valence-electron chi connectivity index (χ3n) is 1.60. The van der Waals surface area contributed by atoms with E-state index in [9.17, 15) is 18.9 Å². The third-order valence-corrected chi connectivity index (χ3v) is 1.60. The summed E-state index contributed by atoms with van der Waals surface area (Å²) in [6.07, 6.45) is 1.85. The van der Waals surface area contributed by atoms with Crippen LogP contribution in [0.5, 0.6) is 0 Å². The Labute approximate surface area is 84.4 Å². The van der Waals surface area contributed by atoms with Gasteiger partial charge in [0, 0.05) is 6.54 Å². The molecule has 6 heteroatoms. The van der Waals surface area contributed by atoms with E-state index in [-0.39, 0.29) is 6.54 Å². The minimum absolute atomic E-state index is 0.196. The lowest BCUT2D eigenvalue weighted by atomic mass is 10.2. The van der Waals surface area contributed by atoms with Gasteiger partial charge in [-0.1, -0.05) is 6.07 Å². The molecule has 15 heavy (non-hydrogen) atoms. The number of hydrogen-bond acceptors (Lipinski definition) is 3. The summed E-state index contributed by atoms with van der Waals surface area (Å²) in [4.78, 5) is 9.25. The average Bonchev–Trinajstić information content (AvgIpc) is 2.18. The molecule has 0 fully saturated rings. The summed E-state index contributed by atoms with van der Waals surface area (Å²) in [5.74, 6) is -1.85. The predicted octanol–water partition coefficient (Wildman–Crippen LogP) is 1.80. The molecule has 0 aliphatic carbocycles. The van der Waals surface area contributed by atoms with Crippen LogP contribution in [0.4, 0.5) is 8.78 Å². The maximum Gasteiger partial charge on any atom is 0.249 e. The van der Waals surface area contributed by atoms with Crippen molar-refractivity contribution in [1.82, 2.24) is 5.32 Å². The highest BCUT2D eigenvalue weighted by atomic mass is 19.2. The van der Waals surface area contributed by atoms with Crippen molar-refractivity contribution in [2.45, 2.75) is 6.54 Å². The number of rotatable bonds is 4. The van der Waals surface area contributed by atoms with Crippen LogP contribution in [0, 0.1) is 21.7 Å². The Bertz CT molecular complexity index is 394. The molecule has 0 unspecified atom stereocenters. The highest BCUT2D eigenvalue weighted by molar-refractivity contribution is 5.17. The maximum atomic E-state index is 12.7. The zero-order chi connectivity index (χ0) is 11.3. The lowest BCUT2D eigenvalue weighted by molar-refractivity contribution is -0.402. The highest BCUT2D eigenvalue weighted by Crippen LogP contribution is 2.08. The second-order valence-electron chi connectivity index (χ2n) is 2.73. The lowest BCUT2D eigenvalue weighted by Gasteiger charge is -2.00. The van der Waals surface area contributed by atoms with Crippen LogP contribution in [0.3, 0.4) is 0 Å². The number of halogens is 2. The molecule has 80 valence electrons. The van der Waals surface area contributed by atoms with Crippen molar-refractivity contribution < 1.29 is 13.7 Å². The molecule has 0 heterocycles. The SMILES string of the molecule is O=[N+]([O-])C=CNCc1ccc(F)c(F)c1. The minimum atomic E-state index is -0.937. The Balaban J connectivity index is 2.51. The lowest BCUT2D eigenvalue weighted by Crippen LogP contribution is -2.05. The van der Waals surface area contributed by atoms with E-state index < -0.39 is 16.6 Å². The summed E-state index contributed by atoms with van der Waals surface area (Å²) in [5, 5.41) is 12.4. The van der Waals surface area contributed by atoms with E-state index in [1.165, 1.54) is 6.07 Å². The van der Waals surface area contributed by atoms with Crippen molar-refractivity contribution in [3.63, 3.8) is 0 Å². The van der Waals surface area contributed by atoms with Gasteiger partial charge < -0.3 is 5.32 Å². The molecule has 1 rings (SSSR count). The number of hydrogen-bond donors (Lipinski definition) is 1. The first-order valence-corrected chi connectivity index (χ1v) is 4.07. The first-order valence-electron chi connectivity index (χ1n) is 4.07. The number of nitrogens with zero attached hydrogens (tertiary/aromatic N) is 1. The van der Waals surface area contributed by atoms with Gasteiger partial charge in [0.15, 0.2) is 11.6 Å². The summed E-state index contributed by atoms with van der Waals surface area (Å²) in [5.41, 5.74) is 0.502. The second kappa shape index (κ2) is 5.04. The summed E-state index contributed by atoms with van der Waals surface area (Å²) in [7, 11) is 0. The molecule has 0 saturated carbocycles. The predicted molar refractivity (Wildman–Crippen MR) is 49.3 cm³/mol. The number of benzene rings is 1. The molecule has 0 aromatic heterocycles. The zero-order valence-electron chi connectivity index (χ0n) is 7.61. The Morgan fingerprint density at radius 2 is 2.13 bits per heavy atom. The molecule has 0 radical (unpaired) electrons. The Morgan fingerprint density at radius 3 is 2.73 bits per heavy atom. The topological polar surface area (TPSA) is 55.2 Å². The molecular formula is C9H8F2N2O2. The van der Waals surface area contributed by atoms with E-state index in [1.807, 2.05) is 0 Å². The summed E-state index contributed by atoms with van der Waals surface area (Å²) in [6.45, 7) is 0.196. The fourth-order valence-corrected chi connectivity index (χ4v) is 0.940. The molecule has 0 atom stereocenters. The number of nitro groups is 1. The van der Waals surface area contributed by atoms with Crippen LogP contribution in [-0.2, 0) is 6.54 Å². The van der Waals surface area contributed by atoms with Gasteiger partial charge in [0.25, 0.3) is 0 Å². The summed E-state index contributed by atoms with van der Waals surface area (Å²) in [6, 6.07) is 3.43. The second-order valence-corrected chi connectivity index (χ2v) is 2.73. The van der Waals surface area contributed by atoms with Gasteiger partial charge in [-0.3, -0.25) is 10.1 Å². The van der Waals surface area contributed by atoms with Crippen LogP contribution in [0.25, 0.3) is 0 Å². The molecule has 0 aliphatic rings. The van der Waals surface area contributed by atoms with Gasteiger partial charge in [-0.05, 0) is 17.7 Å². The van der Waals surface area contributed by atoms with Gasteiger partial charge in [0.1, 0.15) is 0 Å². The normalized spacial score (nSPS) is 10.5. The van der Waals surface area contributed by atoms with Crippen LogP contribution in [0.1, 0.15) is 5.56 Å². The smallest absolute Gasteiger partial charge is 0.249 e. The van der Waals surface area contributed by atoms with Crippen molar-refractivity contribution in [1.29, 1.82) is 0 Å². The van der Waals surface area contributed by atoms with E-state index in [2.05, 4.69) is 5.32 Å². The van der Waals surface area contributed by atoms with Crippen LogP contribution in [0.15, 0.2) is 30.6 Å². The van der Waals surface area contributed by atoms with E-state index in [0.29, 0.717) is 5.56 Å². The van der Waals surface area contributed by atoms with Crippen molar-refractivity contribution in [2.75, 3.05) is 0 Å². The van der Waals surface area contributed by atoms with Gasteiger partial charge in [0.2, 0.25) is 6.20 Å².